The molecule has 0 unspecified atom stereocenters. The highest BCUT2D eigenvalue weighted by Gasteiger charge is 2.22. The quantitative estimate of drug-likeness (QED) is 0.547. The van der Waals surface area contributed by atoms with Gasteiger partial charge in [0.1, 0.15) is 17.1 Å². The number of ether oxygens (including phenoxy) is 2. The smallest absolute Gasteiger partial charge is 0.414 e. The fourth-order valence-electron chi connectivity index (χ4n) is 2.84. The zero-order valence-electron chi connectivity index (χ0n) is 17.2. The summed E-state index contributed by atoms with van der Waals surface area (Å²) in [4.78, 5) is 13.8. The lowest BCUT2D eigenvalue weighted by molar-refractivity contribution is 0.0589. The normalized spacial score (nSPS) is 11.0. The minimum Gasteiger partial charge on any atom is -0.457 e. The summed E-state index contributed by atoms with van der Waals surface area (Å²) in [7, 11) is 1.63. The highest BCUT2D eigenvalue weighted by Crippen LogP contribution is 2.36. The number of nitrogens with zero attached hydrogens (tertiary/aromatic N) is 1. The van der Waals surface area contributed by atoms with E-state index >= 15 is 0 Å². The average molecular weight is 390 g/mol. The third-order valence-electron chi connectivity index (χ3n) is 4.23. The molecule has 0 aliphatic heterocycles. The molecule has 0 spiro atoms. The molecule has 1 amide bonds. The van der Waals surface area contributed by atoms with Crippen molar-refractivity contribution >= 4 is 17.5 Å². The first-order chi connectivity index (χ1) is 13.7. The number of anilines is 2. The molecule has 0 aromatic heterocycles. The summed E-state index contributed by atoms with van der Waals surface area (Å²) in [5, 5.41) is 0. The lowest BCUT2D eigenvalue weighted by Gasteiger charge is -2.25. The van der Waals surface area contributed by atoms with E-state index in [0.29, 0.717) is 22.9 Å². The van der Waals surface area contributed by atoms with E-state index in [2.05, 4.69) is 0 Å². The van der Waals surface area contributed by atoms with Gasteiger partial charge in [-0.25, -0.2) is 4.79 Å². The second-order valence-electron chi connectivity index (χ2n) is 7.72. The van der Waals surface area contributed by atoms with Crippen LogP contribution >= 0.6 is 0 Å². The third-order valence-corrected chi connectivity index (χ3v) is 4.23. The van der Waals surface area contributed by atoms with Gasteiger partial charge >= 0.3 is 6.09 Å². The monoisotopic (exact) mass is 390 g/mol. The van der Waals surface area contributed by atoms with Gasteiger partial charge in [-0.1, -0.05) is 48.5 Å². The summed E-state index contributed by atoms with van der Waals surface area (Å²) in [5.41, 5.74) is 8.53. The van der Waals surface area contributed by atoms with Gasteiger partial charge in [0.05, 0.1) is 11.4 Å². The Morgan fingerprint density at radius 2 is 1.59 bits per heavy atom. The van der Waals surface area contributed by atoms with Crippen molar-refractivity contribution in [3.63, 3.8) is 0 Å². The van der Waals surface area contributed by atoms with E-state index < -0.39 is 11.7 Å². The van der Waals surface area contributed by atoms with E-state index in [9.17, 15) is 4.79 Å². The molecule has 0 saturated heterocycles. The molecule has 0 saturated carbocycles. The second-order valence-corrected chi connectivity index (χ2v) is 7.72. The number of carbonyl (C=O) groups excluding carboxylic acids is 1. The minimum absolute atomic E-state index is 0.460. The van der Waals surface area contributed by atoms with E-state index in [0.717, 1.165) is 11.1 Å². The maximum atomic E-state index is 12.4. The maximum absolute atomic E-state index is 12.4. The number of benzene rings is 3. The number of nitrogen functional groups attached to an aromatic ring is 1. The Morgan fingerprint density at radius 1 is 0.931 bits per heavy atom. The number of nitrogens with two attached hydrogens (primary N) is 1. The van der Waals surface area contributed by atoms with Crippen molar-refractivity contribution in [1.29, 1.82) is 0 Å². The van der Waals surface area contributed by atoms with E-state index in [1.165, 1.54) is 4.90 Å². The lowest BCUT2D eigenvalue weighted by atomic mass is 10.0. The molecule has 3 rings (SSSR count). The molecular weight excluding hydrogens is 364 g/mol. The van der Waals surface area contributed by atoms with Crippen LogP contribution < -0.4 is 15.4 Å². The molecule has 5 heteroatoms. The Morgan fingerprint density at radius 3 is 2.28 bits per heavy atom. The van der Waals surface area contributed by atoms with Crippen LogP contribution in [-0.4, -0.2) is 18.7 Å². The van der Waals surface area contributed by atoms with E-state index in [1.807, 2.05) is 75.4 Å². The predicted octanol–water partition coefficient (Wildman–Crippen LogP) is 6.10. The fraction of sp³-hybridized carbons (Fsp3) is 0.208. The van der Waals surface area contributed by atoms with Crippen LogP contribution in [-0.2, 0) is 4.74 Å². The van der Waals surface area contributed by atoms with Crippen LogP contribution in [0.25, 0.3) is 11.1 Å². The van der Waals surface area contributed by atoms with Gasteiger partial charge in [-0.3, -0.25) is 4.90 Å². The van der Waals surface area contributed by atoms with Crippen molar-refractivity contribution < 1.29 is 14.3 Å². The van der Waals surface area contributed by atoms with E-state index in [4.69, 9.17) is 15.2 Å². The Bertz CT molecular complexity index is 995. The van der Waals surface area contributed by atoms with Gasteiger partial charge < -0.3 is 15.2 Å². The molecule has 3 aromatic rings. The first-order valence-electron chi connectivity index (χ1n) is 9.43. The first-order valence-corrected chi connectivity index (χ1v) is 9.43. The van der Waals surface area contributed by atoms with Gasteiger partial charge in [0, 0.05) is 18.7 Å². The topological polar surface area (TPSA) is 64.8 Å². The Balaban J connectivity index is 1.89. The van der Waals surface area contributed by atoms with Gasteiger partial charge in [-0.05, 0) is 44.5 Å². The number of carbonyl (C=O) groups is 1. The summed E-state index contributed by atoms with van der Waals surface area (Å²) in [6.07, 6.45) is -0.481. The molecule has 0 aliphatic carbocycles. The number of hydrogen-bond acceptors (Lipinski definition) is 4. The van der Waals surface area contributed by atoms with Crippen LogP contribution in [0.4, 0.5) is 16.2 Å². The van der Waals surface area contributed by atoms with Crippen LogP contribution in [0.5, 0.6) is 11.5 Å². The number of hydrogen-bond donors (Lipinski definition) is 1. The lowest BCUT2D eigenvalue weighted by Crippen LogP contribution is -2.34. The molecule has 0 radical (unpaired) electrons. The van der Waals surface area contributed by atoms with Gasteiger partial charge in [-0.15, -0.1) is 0 Å². The van der Waals surface area contributed by atoms with Crippen LogP contribution in [0, 0.1) is 0 Å². The van der Waals surface area contributed by atoms with Gasteiger partial charge in [-0.2, -0.15) is 0 Å². The van der Waals surface area contributed by atoms with E-state index in [1.54, 1.807) is 25.2 Å². The summed E-state index contributed by atoms with van der Waals surface area (Å²) < 4.78 is 11.6. The molecule has 0 atom stereocenters. The van der Waals surface area contributed by atoms with Crippen molar-refractivity contribution in [2.45, 2.75) is 26.4 Å². The molecule has 0 aliphatic rings. The molecule has 150 valence electrons. The van der Waals surface area contributed by atoms with Crippen LogP contribution in [0.2, 0.25) is 0 Å². The van der Waals surface area contributed by atoms with Crippen LogP contribution in [0.1, 0.15) is 20.8 Å². The second kappa shape index (κ2) is 8.27. The molecule has 3 aromatic carbocycles. The largest absolute Gasteiger partial charge is 0.457 e. The Hall–Kier alpha value is -3.47. The Kier molecular flexibility index (Phi) is 5.78. The highest BCUT2D eigenvalue weighted by atomic mass is 16.6. The van der Waals surface area contributed by atoms with Crippen molar-refractivity contribution in [2.24, 2.45) is 0 Å². The SMILES string of the molecule is CN(C(=O)OC(C)(C)C)c1cc(Oc2ccccc2-c2ccccc2)ccc1N. The molecule has 0 fully saturated rings. The van der Waals surface area contributed by atoms with E-state index in [-0.39, 0.29) is 0 Å². The molecule has 0 bridgehead atoms. The maximum Gasteiger partial charge on any atom is 0.414 e. The summed E-state index contributed by atoms with van der Waals surface area (Å²) in [5.74, 6) is 1.29. The standard InChI is InChI=1S/C24H26N2O3/c1-24(2,3)29-23(27)26(4)21-16-18(14-15-20(21)25)28-22-13-9-8-12-19(22)17-10-6-5-7-11-17/h5-16H,25H2,1-4H3. The van der Waals surface area contributed by atoms with Gasteiger partial charge in [0.2, 0.25) is 0 Å². The molecular formula is C24H26N2O3. The van der Waals surface area contributed by atoms with Gasteiger partial charge in [0.25, 0.3) is 0 Å². The molecule has 2 N–H and O–H groups in total. The van der Waals surface area contributed by atoms with Crippen molar-refractivity contribution in [3.05, 3.63) is 72.8 Å². The third kappa shape index (κ3) is 5.08. The van der Waals surface area contributed by atoms with Crippen LogP contribution in [0.15, 0.2) is 72.8 Å². The van der Waals surface area contributed by atoms with Gasteiger partial charge in [0.15, 0.2) is 0 Å². The molecule has 0 heterocycles. The number of amides is 1. The van der Waals surface area contributed by atoms with Crippen molar-refractivity contribution in [2.75, 3.05) is 17.7 Å². The Labute approximate surface area is 171 Å². The fourth-order valence-corrected chi connectivity index (χ4v) is 2.84. The number of rotatable bonds is 4. The zero-order valence-corrected chi connectivity index (χ0v) is 17.2. The average Bonchev–Trinajstić information content (AvgIpc) is 2.69. The van der Waals surface area contributed by atoms with Crippen molar-refractivity contribution in [3.8, 4) is 22.6 Å². The number of para-hydroxylation sites is 1. The van der Waals surface area contributed by atoms with Crippen LogP contribution in [0.3, 0.4) is 0 Å². The molecule has 29 heavy (non-hydrogen) atoms. The minimum atomic E-state index is -0.594. The van der Waals surface area contributed by atoms with Crippen molar-refractivity contribution in [1.82, 2.24) is 0 Å². The molecule has 5 nitrogen and oxygen atoms in total. The highest BCUT2D eigenvalue weighted by molar-refractivity contribution is 5.91. The summed E-state index contributed by atoms with van der Waals surface area (Å²) in [6.45, 7) is 5.46. The predicted molar refractivity (Wildman–Crippen MR) is 117 cm³/mol. The summed E-state index contributed by atoms with van der Waals surface area (Å²) >= 11 is 0. The summed E-state index contributed by atoms with van der Waals surface area (Å²) in [6, 6.07) is 23.1. The zero-order chi connectivity index (χ0) is 21.0. The first kappa shape index (κ1) is 20.3.